The number of nitrogens with zero attached hydrogens (tertiary/aromatic N) is 3. The molecule has 4 rings (SSSR count). The fourth-order valence-corrected chi connectivity index (χ4v) is 3.39. The number of carbonyl (C=O) groups excluding carboxylic acids is 1. The van der Waals surface area contributed by atoms with Gasteiger partial charge < -0.3 is 26.6 Å². The molecule has 0 unspecified atom stereocenters. The van der Waals surface area contributed by atoms with Gasteiger partial charge in [-0.1, -0.05) is 6.07 Å². The molecule has 0 bridgehead atoms. The fourth-order valence-electron chi connectivity index (χ4n) is 3.39. The smallest absolute Gasteiger partial charge is 0.252 e. The Balaban J connectivity index is 1.47. The van der Waals surface area contributed by atoms with Gasteiger partial charge in [0.15, 0.2) is 0 Å². The Kier molecular flexibility index (Phi) is 6.05. The van der Waals surface area contributed by atoms with Gasteiger partial charge in [0.25, 0.3) is 5.91 Å². The van der Waals surface area contributed by atoms with Crippen LogP contribution in [0.25, 0.3) is 0 Å². The summed E-state index contributed by atoms with van der Waals surface area (Å²) in [5.41, 5.74) is 9.62. The van der Waals surface area contributed by atoms with Crippen LogP contribution in [-0.4, -0.2) is 42.1 Å². The number of hydrogen-bond donors (Lipinski definition) is 4. The highest BCUT2D eigenvalue weighted by Gasteiger charge is 2.12. The maximum Gasteiger partial charge on any atom is 0.252 e. The van der Waals surface area contributed by atoms with Crippen molar-refractivity contribution < 1.29 is 4.79 Å². The highest BCUT2D eigenvalue weighted by molar-refractivity contribution is 5.98. The summed E-state index contributed by atoms with van der Waals surface area (Å²) >= 11 is 0. The van der Waals surface area contributed by atoms with Gasteiger partial charge in [0.2, 0.25) is 0 Å². The first-order valence-electron chi connectivity index (χ1n) is 9.94. The normalized spacial score (nSPS) is 13.7. The number of benzene rings is 1. The van der Waals surface area contributed by atoms with Crippen LogP contribution < -0.4 is 26.6 Å². The average molecular weight is 403 g/mol. The monoisotopic (exact) mass is 403 g/mol. The minimum Gasteiger partial charge on any atom is -0.380 e. The summed E-state index contributed by atoms with van der Waals surface area (Å²) in [4.78, 5) is 22.6. The highest BCUT2D eigenvalue weighted by atomic mass is 16.1. The van der Waals surface area contributed by atoms with Crippen LogP contribution in [0.5, 0.6) is 0 Å². The molecular weight excluding hydrogens is 378 g/mol. The largest absolute Gasteiger partial charge is 0.380 e. The summed E-state index contributed by atoms with van der Waals surface area (Å²) in [6.45, 7) is 4.55. The Morgan fingerprint density at radius 3 is 2.63 bits per heavy atom. The number of aromatic nitrogens is 2. The maximum absolute atomic E-state index is 11.8. The van der Waals surface area contributed by atoms with Crippen molar-refractivity contribution in [2.75, 3.05) is 41.7 Å². The Hall–Kier alpha value is -3.65. The topological polar surface area (TPSA) is 108 Å². The number of carbonyl (C=O) groups is 1. The number of amides is 1. The van der Waals surface area contributed by atoms with E-state index in [-0.39, 0.29) is 0 Å². The van der Waals surface area contributed by atoms with Crippen molar-refractivity contribution in [2.45, 2.75) is 6.54 Å². The van der Waals surface area contributed by atoms with Crippen molar-refractivity contribution in [3.63, 3.8) is 0 Å². The molecule has 0 saturated carbocycles. The maximum atomic E-state index is 11.8. The van der Waals surface area contributed by atoms with Crippen molar-refractivity contribution in [1.82, 2.24) is 15.3 Å². The average Bonchev–Trinajstić information content (AvgIpc) is 2.79. The van der Waals surface area contributed by atoms with Crippen molar-refractivity contribution >= 4 is 28.8 Å². The molecule has 1 aromatic carbocycles. The standard InChI is InChI=1S/C22H25N7O/c23-22(30)19-15-27-21(12-20(19)26-14-16-2-1-7-25-13-16)28-17-3-5-18(6-4-17)29-10-8-24-9-11-29/h1-7,12-13,15,24H,8-11,14H2,(H2,23,30)(H2,26,27,28). The molecule has 1 fully saturated rings. The molecular formula is C22H25N7O. The molecule has 30 heavy (non-hydrogen) atoms. The molecule has 0 radical (unpaired) electrons. The first kappa shape index (κ1) is 19.7. The zero-order valence-electron chi connectivity index (χ0n) is 16.6. The van der Waals surface area contributed by atoms with E-state index in [0.717, 1.165) is 37.4 Å². The zero-order valence-corrected chi connectivity index (χ0v) is 16.6. The van der Waals surface area contributed by atoms with Gasteiger partial charge in [-0.15, -0.1) is 0 Å². The fraction of sp³-hybridized carbons (Fsp3) is 0.227. The molecule has 1 aliphatic rings. The van der Waals surface area contributed by atoms with E-state index in [4.69, 9.17) is 5.73 Å². The van der Waals surface area contributed by atoms with Crippen LogP contribution in [0.1, 0.15) is 15.9 Å². The highest BCUT2D eigenvalue weighted by Crippen LogP contribution is 2.24. The molecule has 154 valence electrons. The SMILES string of the molecule is NC(=O)c1cnc(Nc2ccc(N3CCNCC3)cc2)cc1NCc1cccnc1. The van der Waals surface area contributed by atoms with Crippen LogP contribution in [0.3, 0.4) is 0 Å². The summed E-state index contributed by atoms with van der Waals surface area (Å²) in [5.74, 6) is 0.103. The molecule has 1 aliphatic heterocycles. The Morgan fingerprint density at radius 2 is 1.93 bits per heavy atom. The van der Waals surface area contributed by atoms with Crippen LogP contribution in [0.15, 0.2) is 61.1 Å². The van der Waals surface area contributed by atoms with Gasteiger partial charge in [0.1, 0.15) is 5.82 Å². The molecule has 8 heteroatoms. The van der Waals surface area contributed by atoms with Crippen LogP contribution >= 0.6 is 0 Å². The lowest BCUT2D eigenvalue weighted by Crippen LogP contribution is -2.43. The number of pyridine rings is 2. The lowest BCUT2D eigenvalue weighted by Gasteiger charge is -2.29. The number of hydrogen-bond acceptors (Lipinski definition) is 7. The van der Waals surface area contributed by atoms with Crippen LogP contribution in [0, 0.1) is 0 Å². The van der Waals surface area contributed by atoms with E-state index in [1.807, 2.05) is 24.3 Å². The summed E-state index contributed by atoms with van der Waals surface area (Å²) in [7, 11) is 0. The summed E-state index contributed by atoms with van der Waals surface area (Å²) in [6, 6.07) is 13.9. The second-order valence-electron chi connectivity index (χ2n) is 7.10. The molecule has 0 aliphatic carbocycles. The molecule has 0 spiro atoms. The number of piperazine rings is 1. The molecule has 3 heterocycles. The van der Waals surface area contributed by atoms with E-state index in [1.54, 1.807) is 18.5 Å². The van der Waals surface area contributed by atoms with Gasteiger partial charge in [-0.2, -0.15) is 0 Å². The minimum atomic E-state index is -0.525. The Bertz CT molecular complexity index is 986. The predicted octanol–water partition coefficient (Wildman–Crippen LogP) is 2.34. The molecule has 1 amide bonds. The third kappa shape index (κ3) is 4.84. The number of primary amides is 1. The van der Waals surface area contributed by atoms with E-state index in [1.165, 1.54) is 11.9 Å². The van der Waals surface area contributed by atoms with Crippen LogP contribution in [0.2, 0.25) is 0 Å². The summed E-state index contributed by atoms with van der Waals surface area (Å²) in [5, 5.41) is 9.91. The second kappa shape index (κ2) is 9.23. The predicted molar refractivity (Wildman–Crippen MR) is 119 cm³/mol. The first-order valence-corrected chi connectivity index (χ1v) is 9.94. The van der Waals surface area contributed by atoms with Crippen LogP contribution in [0.4, 0.5) is 22.9 Å². The van der Waals surface area contributed by atoms with E-state index in [9.17, 15) is 4.79 Å². The minimum absolute atomic E-state index is 0.346. The number of nitrogens with two attached hydrogens (primary N) is 1. The summed E-state index contributed by atoms with van der Waals surface area (Å²) in [6.07, 6.45) is 4.99. The van der Waals surface area contributed by atoms with Gasteiger partial charge in [-0.3, -0.25) is 9.78 Å². The lowest BCUT2D eigenvalue weighted by molar-refractivity contribution is 0.100. The third-order valence-corrected chi connectivity index (χ3v) is 5.00. The molecule has 5 N–H and O–H groups in total. The summed E-state index contributed by atoms with van der Waals surface area (Å²) < 4.78 is 0. The van der Waals surface area contributed by atoms with Gasteiger partial charge in [0, 0.05) is 68.8 Å². The molecule has 2 aromatic heterocycles. The van der Waals surface area contributed by atoms with Gasteiger partial charge >= 0.3 is 0 Å². The third-order valence-electron chi connectivity index (χ3n) is 5.00. The van der Waals surface area contributed by atoms with Crippen LogP contribution in [-0.2, 0) is 6.54 Å². The van der Waals surface area contributed by atoms with E-state index in [0.29, 0.717) is 23.6 Å². The van der Waals surface area contributed by atoms with Crippen molar-refractivity contribution in [1.29, 1.82) is 0 Å². The van der Waals surface area contributed by atoms with Crippen molar-refractivity contribution in [3.05, 3.63) is 72.2 Å². The molecule has 8 nitrogen and oxygen atoms in total. The number of nitrogens with one attached hydrogen (secondary N) is 3. The van der Waals surface area contributed by atoms with Crippen molar-refractivity contribution in [3.8, 4) is 0 Å². The van der Waals surface area contributed by atoms with E-state index < -0.39 is 5.91 Å². The van der Waals surface area contributed by atoms with E-state index in [2.05, 4.69) is 43.0 Å². The molecule has 0 atom stereocenters. The molecule has 1 saturated heterocycles. The zero-order chi connectivity index (χ0) is 20.8. The van der Waals surface area contributed by atoms with Crippen molar-refractivity contribution in [2.24, 2.45) is 5.73 Å². The second-order valence-corrected chi connectivity index (χ2v) is 7.10. The quantitative estimate of drug-likeness (QED) is 0.479. The number of rotatable bonds is 7. The Labute approximate surface area is 175 Å². The van der Waals surface area contributed by atoms with Gasteiger partial charge in [0.05, 0.1) is 11.3 Å². The Morgan fingerprint density at radius 1 is 1.13 bits per heavy atom. The van der Waals surface area contributed by atoms with Gasteiger partial charge in [-0.25, -0.2) is 4.98 Å². The van der Waals surface area contributed by atoms with E-state index >= 15 is 0 Å². The lowest BCUT2D eigenvalue weighted by atomic mass is 10.2. The number of anilines is 4. The first-order chi connectivity index (χ1) is 14.7. The van der Waals surface area contributed by atoms with Gasteiger partial charge in [-0.05, 0) is 35.9 Å². The molecule has 3 aromatic rings.